The van der Waals surface area contributed by atoms with Crippen LogP contribution in [-0.2, 0) is 12.8 Å². The molecule has 2 aromatic carbocycles. The van der Waals surface area contributed by atoms with E-state index in [1.54, 1.807) is 30.3 Å². The molecule has 5 rings (SSSR count). The van der Waals surface area contributed by atoms with Gasteiger partial charge in [0.2, 0.25) is 0 Å². The number of hydrogen-bond acceptors (Lipinski definition) is 5. The molecule has 34 heavy (non-hydrogen) atoms. The average Bonchev–Trinajstić information content (AvgIpc) is 3.22. The number of H-pyrrole nitrogens is 1. The van der Waals surface area contributed by atoms with Crippen molar-refractivity contribution in [2.45, 2.75) is 19.8 Å². The molecule has 3 heterocycles. The fourth-order valence-corrected chi connectivity index (χ4v) is 4.00. The highest BCUT2D eigenvalue weighted by molar-refractivity contribution is 6.02. The first-order valence-electron chi connectivity index (χ1n) is 10.9. The van der Waals surface area contributed by atoms with Crippen LogP contribution in [-0.4, -0.2) is 33.6 Å². The maximum absolute atomic E-state index is 15.1. The molecule has 9 heteroatoms. The normalized spacial score (nSPS) is 12.4. The molecule has 0 unspecified atom stereocenters. The van der Waals surface area contributed by atoms with Crippen LogP contribution in [0.25, 0.3) is 22.0 Å². The first-order chi connectivity index (χ1) is 16.5. The standard InChI is InChI=1S/C25H21FN6O2/c1-2-27-25(34)30-23-13-22-20(29-23)10-9-19(28-22)17-8-7-14(11-18(17)26)12-21-15-5-3-4-6-16(15)24(33)32-31-21/h3-11H,2,12-13H2,1H3,(H,32,33)(H2,27,29,30,34). The number of nitrogens with zero attached hydrogens (tertiary/aromatic N) is 3. The summed E-state index contributed by atoms with van der Waals surface area (Å²) in [5.74, 6) is 0.0975. The van der Waals surface area contributed by atoms with Crippen molar-refractivity contribution >= 4 is 28.3 Å². The van der Waals surface area contributed by atoms with E-state index in [9.17, 15) is 9.59 Å². The molecule has 0 spiro atoms. The van der Waals surface area contributed by atoms with E-state index in [4.69, 9.17) is 0 Å². The molecule has 1 aliphatic rings. The Balaban J connectivity index is 1.37. The predicted molar refractivity (Wildman–Crippen MR) is 128 cm³/mol. The highest BCUT2D eigenvalue weighted by Gasteiger charge is 2.19. The van der Waals surface area contributed by atoms with Gasteiger partial charge in [-0.3, -0.25) is 10.1 Å². The van der Waals surface area contributed by atoms with Gasteiger partial charge in [-0.15, -0.1) is 0 Å². The molecule has 2 aromatic heterocycles. The maximum Gasteiger partial charge on any atom is 0.320 e. The molecule has 8 nitrogen and oxygen atoms in total. The third kappa shape index (κ3) is 4.15. The lowest BCUT2D eigenvalue weighted by Gasteiger charge is -2.09. The number of aliphatic imine (C=N–C) groups is 1. The van der Waals surface area contributed by atoms with Crippen molar-refractivity contribution < 1.29 is 9.18 Å². The smallest absolute Gasteiger partial charge is 0.320 e. The van der Waals surface area contributed by atoms with Crippen LogP contribution >= 0.6 is 0 Å². The Morgan fingerprint density at radius 2 is 1.94 bits per heavy atom. The molecule has 2 amide bonds. The molecule has 0 saturated carbocycles. The summed E-state index contributed by atoms with van der Waals surface area (Å²) in [6.07, 6.45) is 0.736. The van der Waals surface area contributed by atoms with E-state index in [0.717, 1.165) is 10.9 Å². The van der Waals surface area contributed by atoms with E-state index in [2.05, 4.69) is 30.8 Å². The number of amides is 2. The van der Waals surface area contributed by atoms with E-state index in [1.165, 1.54) is 6.07 Å². The van der Waals surface area contributed by atoms with E-state index in [0.29, 0.717) is 58.9 Å². The van der Waals surface area contributed by atoms with Gasteiger partial charge in [-0.05, 0) is 42.8 Å². The number of aromatic nitrogens is 3. The third-order valence-electron chi connectivity index (χ3n) is 5.59. The summed E-state index contributed by atoms with van der Waals surface area (Å²) in [6, 6.07) is 15.4. The van der Waals surface area contributed by atoms with Gasteiger partial charge in [0.15, 0.2) is 0 Å². The molecular weight excluding hydrogens is 435 g/mol. The number of halogens is 1. The highest BCUT2D eigenvalue weighted by Crippen LogP contribution is 2.30. The Kier molecular flexibility index (Phi) is 5.59. The van der Waals surface area contributed by atoms with Gasteiger partial charge in [0, 0.05) is 23.9 Å². The van der Waals surface area contributed by atoms with E-state index in [-0.39, 0.29) is 11.6 Å². The lowest BCUT2D eigenvalue weighted by Crippen LogP contribution is -2.39. The number of urea groups is 1. The Hall–Kier alpha value is -4.40. The number of pyridine rings is 1. The lowest BCUT2D eigenvalue weighted by atomic mass is 10.0. The number of nitrogens with one attached hydrogen (secondary N) is 3. The topological polar surface area (TPSA) is 112 Å². The zero-order valence-corrected chi connectivity index (χ0v) is 18.4. The van der Waals surface area contributed by atoms with Crippen LogP contribution in [0.4, 0.5) is 14.9 Å². The summed E-state index contributed by atoms with van der Waals surface area (Å²) < 4.78 is 15.1. The molecule has 0 saturated heterocycles. The average molecular weight is 456 g/mol. The number of carbonyl (C=O) groups is 1. The predicted octanol–water partition coefficient (Wildman–Crippen LogP) is 3.62. The van der Waals surface area contributed by atoms with Crippen molar-refractivity contribution in [3.63, 3.8) is 0 Å². The van der Waals surface area contributed by atoms with Crippen LogP contribution in [0.1, 0.15) is 23.9 Å². The van der Waals surface area contributed by atoms with E-state index < -0.39 is 5.82 Å². The quantitative estimate of drug-likeness (QED) is 0.435. The molecule has 3 N–H and O–H groups in total. The fraction of sp³-hybridized carbons (Fsp3) is 0.160. The second-order valence-electron chi connectivity index (χ2n) is 7.92. The number of carbonyl (C=O) groups excluding carboxylic acids is 1. The zero-order chi connectivity index (χ0) is 23.7. The summed E-state index contributed by atoms with van der Waals surface area (Å²) in [6.45, 7) is 2.34. The van der Waals surface area contributed by atoms with Crippen LogP contribution in [0.15, 0.2) is 64.4 Å². The minimum atomic E-state index is -0.404. The molecular formula is C25H21FN6O2. The summed E-state index contributed by atoms with van der Waals surface area (Å²) in [5, 5.41) is 13.3. The minimum absolute atomic E-state index is 0.253. The molecule has 0 fully saturated rings. The Morgan fingerprint density at radius 1 is 1.12 bits per heavy atom. The summed E-state index contributed by atoms with van der Waals surface area (Å²) in [5.41, 5.74) is 3.34. The highest BCUT2D eigenvalue weighted by atomic mass is 19.1. The molecule has 1 aliphatic heterocycles. The second-order valence-corrected chi connectivity index (χ2v) is 7.92. The lowest BCUT2D eigenvalue weighted by molar-refractivity contribution is 0.245. The van der Waals surface area contributed by atoms with E-state index in [1.807, 2.05) is 25.1 Å². The monoisotopic (exact) mass is 456 g/mol. The zero-order valence-electron chi connectivity index (χ0n) is 18.4. The number of rotatable bonds is 4. The number of benzene rings is 2. The molecule has 0 radical (unpaired) electrons. The van der Waals surface area contributed by atoms with Crippen molar-refractivity contribution in [2.75, 3.05) is 6.54 Å². The maximum atomic E-state index is 15.1. The SMILES string of the molecule is CCNC(=O)NC1=Nc2ccc(-c3ccc(Cc4n[nH]c(=O)c5ccccc45)cc3F)nc2C1. The van der Waals surface area contributed by atoms with Gasteiger partial charge < -0.3 is 5.32 Å². The van der Waals surface area contributed by atoms with Gasteiger partial charge in [-0.1, -0.05) is 24.3 Å². The molecule has 0 aliphatic carbocycles. The number of hydrogen-bond donors (Lipinski definition) is 3. The molecule has 170 valence electrons. The van der Waals surface area contributed by atoms with Gasteiger partial charge in [0.1, 0.15) is 11.7 Å². The summed E-state index contributed by atoms with van der Waals surface area (Å²) >= 11 is 0. The van der Waals surface area contributed by atoms with Crippen molar-refractivity contribution in [3.05, 3.63) is 87.7 Å². The summed E-state index contributed by atoms with van der Waals surface area (Å²) in [7, 11) is 0. The van der Waals surface area contributed by atoms with Crippen LogP contribution in [0, 0.1) is 5.82 Å². The van der Waals surface area contributed by atoms with Gasteiger partial charge >= 0.3 is 6.03 Å². The Morgan fingerprint density at radius 3 is 2.74 bits per heavy atom. The van der Waals surface area contributed by atoms with Crippen LogP contribution in [0.5, 0.6) is 0 Å². The van der Waals surface area contributed by atoms with Gasteiger partial charge in [0.05, 0.1) is 34.6 Å². The van der Waals surface area contributed by atoms with Gasteiger partial charge in [0.25, 0.3) is 5.56 Å². The van der Waals surface area contributed by atoms with Crippen molar-refractivity contribution in [2.24, 2.45) is 4.99 Å². The van der Waals surface area contributed by atoms with Crippen molar-refractivity contribution in [1.82, 2.24) is 25.8 Å². The Bertz CT molecular complexity index is 1510. The Labute approximate surface area is 194 Å². The minimum Gasteiger partial charge on any atom is -0.338 e. The van der Waals surface area contributed by atoms with Crippen molar-refractivity contribution in [3.8, 4) is 11.3 Å². The fourth-order valence-electron chi connectivity index (χ4n) is 4.00. The molecule has 0 bridgehead atoms. The molecule has 0 atom stereocenters. The second kappa shape index (κ2) is 8.86. The number of fused-ring (bicyclic) bond motifs is 2. The van der Waals surface area contributed by atoms with E-state index >= 15 is 4.39 Å². The van der Waals surface area contributed by atoms with Crippen LogP contribution in [0.2, 0.25) is 0 Å². The van der Waals surface area contributed by atoms with Gasteiger partial charge in [-0.25, -0.2) is 24.3 Å². The van der Waals surface area contributed by atoms with Crippen LogP contribution in [0.3, 0.4) is 0 Å². The summed E-state index contributed by atoms with van der Waals surface area (Å²) in [4.78, 5) is 32.7. The largest absolute Gasteiger partial charge is 0.338 e. The first-order valence-corrected chi connectivity index (χ1v) is 10.9. The van der Waals surface area contributed by atoms with Crippen LogP contribution < -0.4 is 16.2 Å². The third-order valence-corrected chi connectivity index (χ3v) is 5.59. The number of aromatic amines is 1. The first kappa shape index (κ1) is 21.4. The molecule has 4 aromatic rings. The van der Waals surface area contributed by atoms with Crippen molar-refractivity contribution in [1.29, 1.82) is 0 Å². The van der Waals surface area contributed by atoms with Gasteiger partial charge in [-0.2, -0.15) is 5.10 Å². The number of amidine groups is 1.